The van der Waals surface area contributed by atoms with Crippen molar-refractivity contribution in [3.63, 3.8) is 0 Å². The molecule has 0 radical (unpaired) electrons. The third-order valence-electron chi connectivity index (χ3n) is 5.51. The quantitative estimate of drug-likeness (QED) is 0.577. The van der Waals surface area contributed by atoms with Crippen LogP contribution in [0, 0.1) is 0 Å². The summed E-state index contributed by atoms with van der Waals surface area (Å²) in [6, 6.07) is 20.3. The van der Waals surface area contributed by atoms with E-state index in [1.54, 1.807) is 0 Å². The SMILES string of the molecule is CC1SCCN(C(=O)CCc2nc(-c3ccccc3)c(-c3ccccc3)o2)C1C. The molecule has 1 amide bonds. The number of aromatic nitrogens is 1. The lowest BCUT2D eigenvalue weighted by Crippen LogP contribution is -2.48. The Labute approximate surface area is 176 Å². The minimum absolute atomic E-state index is 0.186. The Morgan fingerprint density at radius 3 is 2.41 bits per heavy atom. The van der Waals surface area contributed by atoms with E-state index >= 15 is 0 Å². The molecular weight excluding hydrogens is 380 g/mol. The first kappa shape index (κ1) is 19.8. The molecule has 1 aliphatic heterocycles. The van der Waals surface area contributed by atoms with E-state index < -0.39 is 0 Å². The van der Waals surface area contributed by atoms with Crippen molar-refractivity contribution in [3.8, 4) is 22.6 Å². The number of thioether (sulfide) groups is 1. The van der Waals surface area contributed by atoms with Crippen LogP contribution in [-0.2, 0) is 11.2 Å². The Morgan fingerprint density at radius 1 is 1.07 bits per heavy atom. The van der Waals surface area contributed by atoms with Gasteiger partial charge in [0.1, 0.15) is 5.69 Å². The van der Waals surface area contributed by atoms with E-state index in [2.05, 4.69) is 13.8 Å². The summed E-state index contributed by atoms with van der Waals surface area (Å²) >= 11 is 1.94. The average molecular weight is 407 g/mol. The molecule has 4 nitrogen and oxygen atoms in total. The first-order valence-corrected chi connectivity index (χ1v) is 11.2. The van der Waals surface area contributed by atoms with E-state index in [0.29, 0.717) is 24.0 Å². The van der Waals surface area contributed by atoms with Crippen LogP contribution < -0.4 is 0 Å². The molecule has 2 unspecified atom stereocenters. The van der Waals surface area contributed by atoms with Gasteiger partial charge in [-0.2, -0.15) is 11.8 Å². The predicted octanol–water partition coefficient (Wildman–Crippen LogP) is 5.29. The molecule has 1 saturated heterocycles. The van der Waals surface area contributed by atoms with Crippen molar-refractivity contribution >= 4 is 17.7 Å². The Bertz CT molecular complexity index is 899. The molecule has 0 spiro atoms. The van der Waals surface area contributed by atoms with E-state index in [-0.39, 0.29) is 11.9 Å². The van der Waals surface area contributed by atoms with Crippen molar-refractivity contribution in [2.45, 2.75) is 38.0 Å². The maximum Gasteiger partial charge on any atom is 0.223 e. The zero-order valence-electron chi connectivity index (χ0n) is 16.9. The van der Waals surface area contributed by atoms with Crippen molar-refractivity contribution in [1.82, 2.24) is 9.88 Å². The Morgan fingerprint density at radius 2 is 1.72 bits per heavy atom. The highest BCUT2D eigenvalue weighted by molar-refractivity contribution is 8.00. The van der Waals surface area contributed by atoms with Crippen molar-refractivity contribution in [1.29, 1.82) is 0 Å². The summed E-state index contributed by atoms with van der Waals surface area (Å²) in [5, 5.41) is 0.476. The number of hydrogen-bond acceptors (Lipinski definition) is 4. The number of rotatable bonds is 5. The van der Waals surface area contributed by atoms with Crippen LogP contribution >= 0.6 is 11.8 Å². The van der Waals surface area contributed by atoms with Crippen molar-refractivity contribution in [3.05, 3.63) is 66.6 Å². The zero-order chi connectivity index (χ0) is 20.2. The van der Waals surface area contributed by atoms with Gasteiger partial charge in [-0.15, -0.1) is 0 Å². The topological polar surface area (TPSA) is 46.3 Å². The molecule has 2 atom stereocenters. The maximum absolute atomic E-state index is 12.8. The van der Waals surface area contributed by atoms with Gasteiger partial charge < -0.3 is 9.32 Å². The van der Waals surface area contributed by atoms with E-state index in [1.165, 1.54) is 0 Å². The van der Waals surface area contributed by atoms with E-state index in [0.717, 1.165) is 34.9 Å². The summed E-state index contributed by atoms with van der Waals surface area (Å²) in [4.78, 5) is 19.6. The van der Waals surface area contributed by atoms with Gasteiger partial charge in [-0.3, -0.25) is 4.79 Å². The molecule has 150 valence electrons. The summed E-state index contributed by atoms with van der Waals surface area (Å²) in [7, 11) is 0. The average Bonchev–Trinajstić information content (AvgIpc) is 3.20. The molecule has 1 aromatic heterocycles. The van der Waals surface area contributed by atoms with Gasteiger partial charge in [0.05, 0.1) is 0 Å². The number of hydrogen-bond donors (Lipinski definition) is 0. The summed E-state index contributed by atoms with van der Waals surface area (Å²) in [5.74, 6) is 2.57. The van der Waals surface area contributed by atoms with Crippen LogP contribution in [0.5, 0.6) is 0 Å². The molecule has 3 aromatic rings. The normalized spacial score (nSPS) is 19.3. The fourth-order valence-corrected chi connectivity index (χ4v) is 4.79. The van der Waals surface area contributed by atoms with Gasteiger partial charge in [-0.1, -0.05) is 67.6 Å². The number of benzene rings is 2. The molecular formula is C24H26N2O2S. The molecule has 1 fully saturated rings. The molecule has 2 aromatic carbocycles. The standard InChI is InChI=1S/C24H26N2O2S/c1-17-18(2)29-16-15-26(17)22(27)14-13-21-25-23(19-9-5-3-6-10-19)24(28-21)20-11-7-4-8-12-20/h3-12,17-18H,13-16H2,1-2H3. The van der Waals surface area contributed by atoms with Gasteiger partial charge in [-0.25, -0.2) is 4.98 Å². The second-order valence-electron chi connectivity index (χ2n) is 7.42. The van der Waals surface area contributed by atoms with Crippen LogP contribution in [-0.4, -0.2) is 39.4 Å². The number of aryl methyl sites for hydroxylation is 1. The lowest BCUT2D eigenvalue weighted by Gasteiger charge is -2.37. The third-order valence-corrected chi connectivity index (χ3v) is 6.85. The lowest BCUT2D eigenvalue weighted by molar-refractivity contribution is -0.133. The summed E-state index contributed by atoms with van der Waals surface area (Å²) < 4.78 is 6.15. The van der Waals surface area contributed by atoms with Gasteiger partial charge in [0, 0.05) is 47.6 Å². The summed E-state index contributed by atoms with van der Waals surface area (Å²) in [6.45, 7) is 5.16. The molecule has 4 rings (SSSR count). The number of oxazole rings is 1. The summed E-state index contributed by atoms with van der Waals surface area (Å²) in [5.41, 5.74) is 2.84. The first-order valence-electron chi connectivity index (χ1n) is 10.1. The van der Waals surface area contributed by atoms with Crippen LogP contribution in [0.3, 0.4) is 0 Å². The molecule has 0 bridgehead atoms. The molecule has 2 heterocycles. The lowest BCUT2D eigenvalue weighted by atomic mass is 10.1. The maximum atomic E-state index is 12.8. The molecule has 0 saturated carbocycles. The number of nitrogens with zero attached hydrogens (tertiary/aromatic N) is 2. The van der Waals surface area contributed by atoms with E-state index in [4.69, 9.17) is 9.40 Å². The number of carbonyl (C=O) groups excluding carboxylic acids is 1. The van der Waals surface area contributed by atoms with Crippen LogP contribution in [0.4, 0.5) is 0 Å². The highest BCUT2D eigenvalue weighted by Crippen LogP contribution is 2.33. The van der Waals surface area contributed by atoms with Crippen molar-refractivity contribution < 1.29 is 9.21 Å². The highest BCUT2D eigenvalue weighted by Gasteiger charge is 2.29. The first-order chi connectivity index (χ1) is 14.1. The molecule has 5 heteroatoms. The third kappa shape index (κ3) is 4.40. The zero-order valence-corrected chi connectivity index (χ0v) is 17.7. The Hall–Kier alpha value is -2.53. The second kappa shape index (κ2) is 8.87. The number of carbonyl (C=O) groups is 1. The largest absolute Gasteiger partial charge is 0.440 e. The summed E-state index contributed by atoms with van der Waals surface area (Å²) in [6.07, 6.45) is 0.931. The minimum Gasteiger partial charge on any atom is -0.440 e. The Kier molecular flexibility index (Phi) is 6.05. The van der Waals surface area contributed by atoms with E-state index in [9.17, 15) is 4.79 Å². The molecule has 29 heavy (non-hydrogen) atoms. The Balaban J connectivity index is 1.55. The van der Waals surface area contributed by atoms with Crippen molar-refractivity contribution in [2.24, 2.45) is 0 Å². The van der Waals surface area contributed by atoms with Gasteiger partial charge in [-0.05, 0) is 6.92 Å². The minimum atomic E-state index is 0.186. The van der Waals surface area contributed by atoms with Crippen LogP contribution in [0.25, 0.3) is 22.6 Å². The van der Waals surface area contributed by atoms with Crippen LogP contribution in [0.2, 0.25) is 0 Å². The smallest absolute Gasteiger partial charge is 0.223 e. The molecule has 0 N–H and O–H groups in total. The predicted molar refractivity (Wildman–Crippen MR) is 119 cm³/mol. The van der Waals surface area contributed by atoms with Crippen molar-refractivity contribution in [2.75, 3.05) is 12.3 Å². The van der Waals surface area contributed by atoms with Gasteiger partial charge in [0.15, 0.2) is 11.7 Å². The fraction of sp³-hybridized carbons (Fsp3) is 0.333. The van der Waals surface area contributed by atoms with Gasteiger partial charge in [0.2, 0.25) is 5.91 Å². The fourth-order valence-electron chi connectivity index (χ4n) is 3.69. The second-order valence-corrected chi connectivity index (χ2v) is 8.91. The van der Waals surface area contributed by atoms with Gasteiger partial charge in [0.25, 0.3) is 0 Å². The van der Waals surface area contributed by atoms with E-state index in [1.807, 2.05) is 77.3 Å². The molecule has 0 aliphatic carbocycles. The molecule has 1 aliphatic rings. The highest BCUT2D eigenvalue weighted by atomic mass is 32.2. The van der Waals surface area contributed by atoms with Crippen LogP contribution in [0.15, 0.2) is 65.1 Å². The van der Waals surface area contributed by atoms with Crippen LogP contribution in [0.1, 0.15) is 26.2 Å². The number of amides is 1. The monoisotopic (exact) mass is 406 g/mol. The van der Waals surface area contributed by atoms with Gasteiger partial charge >= 0.3 is 0 Å².